The smallest absolute Gasteiger partial charge is 0.258 e. The van der Waals surface area contributed by atoms with E-state index in [9.17, 15) is 9.90 Å². The van der Waals surface area contributed by atoms with Crippen LogP contribution in [0.5, 0.6) is 5.75 Å². The van der Waals surface area contributed by atoms with Gasteiger partial charge in [0.2, 0.25) is 0 Å². The third-order valence-electron chi connectivity index (χ3n) is 4.61. The predicted molar refractivity (Wildman–Crippen MR) is 82.8 cm³/mol. The average molecular weight is 304 g/mol. The summed E-state index contributed by atoms with van der Waals surface area (Å²) in [6, 6.07) is 2.03. The van der Waals surface area contributed by atoms with E-state index in [2.05, 4.69) is 10.3 Å². The maximum Gasteiger partial charge on any atom is 0.258 e. The number of nitrogens with zero attached hydrogens (tertiary/aromatic N) is 1. The van der Waals surface area contributed by atoms with E-state index in [1.54, 1.807) is 6.20 Å². The molecular formula is C17H24N2O3. The van der Waals surface area contributed by atoms with Gasteiger partial charge in [-0.3, -0.25) is 9.78 Å². The Morgan fingerprint density at radius 1 is 1.27 bits per heavy atom. The first kappa shape index (κ1) is 15.3. The molecule has 3 rings (SSSR count). The first-order valence-electron chi connectivity index (χ1n) is 8.29. The molecule has 0 spiro atoms. The van der Waals surface area contributed by atoms with Crippen LogP contribution >= 0.6 is 0 Å². The highest BCUT2D eigenvalue weighted by molar-refractivity contribution is 5.77. The van der Waals surface area contributed by atoms with Gasteiger partial charge >= 0.3 is 0 Å². The highest BCUT2D eigenvalue weighted by atomic mass is 16.5. The number of aliphatic hydroxyl groups excluding tert-OH is 1. The van der Waals surface area contributed by atoms with Crippen LogP contribution in [0.2, 0.25) is 0 Å². The summed E-state index contributed by atoms with van der Waals surface area (Å²) in [6.07, 6.45) is 9.11. The number of hydrogen-bond acceptors (Lipinski definition) is 4. The largest absolute Gasteiger partial charge is 0.483 e. The third kappa shape index (κ3) is 3.77. The third-order valence-corrected chi connectivity index (χ3v) is 4.61. The molecule has 2 aliphatic rings. The van der Waals surface area contributed by atoms with Gasteiger partial charge in [0.1, 0.15) is 5.75 Å². The van der Waals surface area contributed by atoms with Gasteiger partial charge in [0.25, 0.3) is 5.91 Å². The number of carbonyl (C=O) groups is 1. The van der Waals surface area contributed by atoms with Crippen LogP contribution in [-0.4, -0.2) is 34.8 Å². The molecule has 120 valence electrons. The number of pyridine rings is 1. The standard InChI is InChI=1S/C17H24N2O3/c20-13-7-5-12(6-8-13)19-17(21)11-22-16-9-10-18-15-4-2-1-3-14(15)16/h9-10,12-13,20H,1-8,11H2,(H,19,21). The number of ether oxygens (including phenoxy) is 1. The molecule has 5 nitrogen and oxygen atoms in total. The topological polar surface area (TPSA) is 71.5 Å². The maximum atomic E-state index is 12.0. The Hall–Kier alpha value is -1.62. The van der Waals surface area contributed by atoms with Gasteiger partial charge in [0.05, 0.1) is 6.10 Å². The number of aliphatic hydroxyl groups is 1. The minimum Gasteiger partial charge on any atom is -0.483 e. The summed E-state index contributed by atoms with van der Waals surface area (Å²) >= 11 is 0. The van der Waals surface area contributed by atoms with Gasteiger partial charge in [-0.2, -0.15) is 0 Å². The van der Waals surface area contributed by atoms with Gasteiger partial charge in [-0.1, -0.05) is 0 Å². The van der Waals surface area contributed by atoms with E-state index in [0.29, 0.717) is 0 Å². The van der Waals surface area contributed by atoms with Crippen molar-refractivity contribution in [1.29, 1.82) is 0 Å². The number of aromatic nitrogens is 1. The van der Waals surface area contributed by atoms with Crippen molar-refractivity contribution in [2.75, 3.05) is 6.61 Å². The van der Waals surface area contributed by atoms with Crippen LogP contribution in [0.15, 0.2) is 12.3 Å². The zero-order valence-electron chi connectivity index (χ0n) is 12.9. The molecule has 0 saturated heterocycles. The molecule has 1 heterocycles. The van der Waals surface area contributed by atoms with Crippen molar-refractivity contribution in [2.24, 2.45) is 0 Å². The monoisotopic (exact) mass is 304 g/mol. The molecule has 2 aliphatic carbocycles. The Morgan fingerprint density at radius 3 is 2.86 bits per heavy atom. The van der Waals surface area contributed by atoms with E-state index >= 15 is 0 Å². The fourth-order valence-corrected chi connectivity index (χ4v) is 3.36. The lowest BCUT2D eigenvalue weighted by Crippen LogP contribution is -2.40. The number of amides is 1. The van der Waals surface area contributed by atoms with E-state index in [1.165, 1.54) is 12.0 Å². The van der Waals surface area contributed by atoms with Gasteiger partial charge in [0, 0.05) is 23.5 Å². The van der Waals surface area contributed by atoms with Crippen molar-refractivity contribution in [3.8, 4) is 5.75 Å². The van der Waals surface area contributed by atoms with Crippen molar-refractivity contribution in [3.05, 3.63) is 23.5 Å². The van der Waals surface area contributed by atoms with Crippen LogP contribution in [-0.2, 0) is 17.6 Å². The Labute approximate surface area is 131 Å². The fourth-order valence-electron chi connectivity index (χ4n) is 3.36. The first-order chi connectivity index (χ1) is 10.7. The molecule has 0 atom stereocenters. The molecule has 0 aliphatic heterocycles. The summed E-state index contributed by atoms with van der Waals surface area (Å²) in [4.78, 5) is 16.4. The first-order valence-corrected chi connectivity index (χ1v) is 8.29. The minimum atomic E-state index is -0.201. The van der Waals surface area contributed by atoms with Crippen molar-refractivity contribution < 1.29 is 14.6 Å². The summed E-state index contributed by atoms with van der Waals surface area (Å²) in [5.41, 5.74) is 2.28. The van der Waals surface area contributed by atoms with Crippen molar-refractivity contribution in [1.82, 2.24) is 10.3 Å². The summed E-state index contributed by atoms with van der Waals surface area (Å²) < 4.78 is 5.73. The molecule has 0 bridgehead atoms. The van der Waals surface area contributed by atoms with Gasteiger partial charge in [-0.25, -0.2) is 0 Å². The van der Waals surface area contributed by atoms with Crippen LogP contribution < -0.4 is 10.1 Å². The maximum absolute atomic E-state index is 12.0. The lowest BCUT2D eigenvalue weighted by Gasteiger charge is -2.26. The fraction of sp³-hybridized carbons (Fsp3) is 0.647. The molecule has 1 amide bonds. The summed E-state index contributed by atoms with van der Waals surface area (Å²) in [6.45, 7) is 0.0511. The SMILES string of the molecule is O=C(COc1ccnc2c1CCCC2)NC1CCC(O)CC1. The molecule has 0 radical (unpaired) electrons. The van der Waals surface area contributed by atoms with E-state index in [-0.39, 0.29) is 24.7 Å². The van der Waals surface area contributed by atoms with Crippen LogP contribution in [0.1, 0.15) is 49.8 Å². The molecule has 0 unspecified atom stereocenters. The Bertz CT molecular complexity index is 525. The number of carbonyl (C=O) groups excluding carboxylic acids is 1. The average Bonchev–Trinajstić information content (AvgIpc) is 2.55. The predicted octanol–water partition coefficient (Wildman–Crippen LogP) is 1.76. The second-order valence-electron chi connectivity index (χ2n) is 6.30. The quantitative estimate of drug-likeness (QED) is 0.889. The van der Waals surface area contributed by atoms with E-state index in [0.717, 1.165) is 56.4 Å². The summed E-state index contributed by atoms with van der Waals surface area (Å²) in [5, 5.41) is 12.5. The second-order valence-corrected chi connectivity index (χ2v) is 6.30. The van der Waals surface area contributed by atoms with Crippen molar-refractivity contribution in [2.45, 2.75) is 63.5 Å². The Morgan fingerprint density at radius 2 is 2.05 bits per heavy atom. The summed E-state index contributed by atoms with van der Waals surface area (Å²) in [5.74, 6) is 0.724. The molecule has 1 saturated carbocycles. The normalized spacial score (nSPS) is 24.4. The lowest BCUT2D eigenvalue weighted by atomic mass is 9.93. The molecule has 0 aromatic carbocycles. The number of fused-ring (bicyclic) bond motifs is 1. The van der Waals surface area contributed by atoms with Gasteiger partial charge in [-0.05, 0) is 57.4 Å². The number of nitrogens with one attached hydrogen (secondary N) is 1. The molecule has 22 heavy (non-hydrogen) atoms. The molecule has 1 aromatic rings. The highest BCUT2D eigenvalue weighted by Gasteiger charge is 2.21. The minimum absolute atomic E-state index is 0.0511. The van der Waals surface area contributed by atoms with Crippen LogP contribution in [0.3, 0.4) is 0 Å². The van der Waals surface area contributed by atoms with Gasteiger partial charge in [0.15, 0.2) is 6.61 Å². The van der Waals surface area contributed by atoms with E-state index < -0.39 is 0 Å². The molecule has 2 N–H and O–H groups in total. The van der Waals surface area contributed by atoms with Crippen LogP contribution in [0.25, 0.3) is 0 Å². The van der Waals surface area contributed by atoms with E-state index in [1.807, 2.05) is 6.07 Å². The molecule has 1 fully saturated rings. The highest BCUT2D eigenvalue weighted by Crippen LogP contribution is 2.27. The summed E-state index contributed by atoms with van der Waals surface area (Å²) in [7, 11) is 0. The number of aryl methyl sites for hydroxylation is 1. The van der Waals surface area contributed by atoms with Gasteiger partial charge in [-0.15, -0.1) is 0 Å². The van der Waals surface area contributed by atoms with Gasteiger partial charge < -0.3 is 15.2 Å². The van der Waals surface area contributed by atoms with Crippen LogP contribution in [0.4, 0.5) is 0 Å². The Balaban J connectivity index is 1.51. The molecular weight excluding hydrogens is 280 g/mol. The number of rotatable bonds is 4. The van der Waals surface area contributed by atoms with Crippen LogP contribution in [0, 0.1) is 0 Å². The Kier molecular flexibility index (Phi) is 4.93. The zero-order valence-corrected chi connectivity index (χ0v) is 12.9. The molecule has 1 aromatic heterocycles. The second kappa shape index (κ2) is 7.09. The van der Waals surface area contributed by atoms with Crippen molar-refractivity contribution in [3.63, 3.8) is 0 Å². The van der Waals surface area contributed by atoms with E-state index in [4.69, 9.17) is 4.74 Å². The van der Waals surface area contributed by atoms with Crippen molar-refractivity contribution >= 4 is 5.91 Å². The zero-order chi connectivity index (χ0) is 15.4. The molecule has 5 heteroatoms. The lowest BCUT2D eigenvalue weighted by molar-refractivity contribution is -0.124. The number of hydrogen-bond donors (Lipinski definition) is 2.